The highest BCUT2D eigenvalue weighted by molar-refractivity contribution is 5.51. The first-order chi connectivity index (χ1) is 11.7. The minimum atomic E-state index is -0.335. The minimum absolute atomic E-state index is 0.335. The number of methoxy groups -OCH3 is 1. The van der Waals surface area contributed by atoms with E-state index in [-0.39, 0.29) is 5.82 Å². The van der Waals surface area contributed by atoms with Crippen LogP contribution >= 0.6 is 0 Å². The quantitative estimate of drug-likeness (QED) is 0.844. The van der Waals surface area contributed by atoms with Gasteiger partial charge in [-0.2, -0.15) is 5.26 Å². The van der Waals surface area contributed by atoms with Crippen LogP contribution in [0.3, 0.4) is 0 Å². The van der Waals surface area contributed by atoms with E-state index >= 15 is 0 Å². The molecule has 0 atom stereocenters. The van der Waals surface area contributed by atoms with Gasteiger partial charge in [0, 0.05) is 33.3 Å². The van der Waals surface area contributed by atoms with Gasteiger partial charge < -0.3 is 14.1 Å². The predicted octanol–water partition coefficient (Wildman–Crippen LogP) is 2.76. The van der Waals surface area contributed by atoms with Crippen LogP contribution in [0.1, 0.15) is 17.1 Å². The Morgan fingerprint density at radius 1 is 1.17 bits per heavy atom. The molecule has 6 heteroatoms. The lowest BCUT2D eigenvalue weighted by molar-refractivity contribution is 0.158. The van der Waals surface area contributed by atoms with E-state index < -0.39 is 0 Å². The Kier molecular flexibility index (Phi) is 5.14. The first kappa shape index (κ1) is 16.5. The number of anilines is 1. The molecule has 3 rings (SSSR count). The first-order valence-electron chi connectivity index (χ1n) is 7.93. The molecule has 0 N–H and O–H groups in total. The van der Waals surface area contributed by atoms with E-state index in [0.717, 1.165) is 44.2 Å². The van der Waals surface area contributed by atoms with Gasteiger partial charge in [0.2, 0.25) is 0 Å². The van der Waals surface area contributed by atoms with E-state index in [1.807, 2.05) is 23.1 Å². The van der Waals surface area contributed by atoms with Crippen molar-refractivity contribution in [1.82, 2.24) is 4.90 Å². The molecule has 126 valence electrons. The van der Waals surface area contributed by atoms with Gasteiger partial charge >= 0.3 is 0 Å². The van der Waals surface area contributed by atoms with Gasteiger partial charge in [-0.1, -0.05) is 0 Å². The molecule has 1 fully saturated rings. The van der Waals surface area contributed by atoms with E-state index in [4.69, 9.17) is 14.4 Å². The van der Waals surface area contributed by atoms with E-state index in [2.05, 4.69) is 4.90 Å². The molecule has 2 heterocycles. The highest BCUT2D eigenvalue weighted by Gasteiger charge is 2.20. The topological polar surface area (TPSA) is 52.6 Å². The number of hydrogen-bond donors (Lipinski definition) is 0. The normalized spacial score (nSPS) is 15.5. The lowest BCUT2D eigenvalue weighted by atomic mass is 10.2. The Morgan fingerprint density at radius 3 is 2.58 bits per heavy atom. The Labute approximate surface area is 140 Å². The maximum Gasteiger partial charge on any atom is 0.147 e. The highest BCUT2D eigenvalue weighted by Crippen LogP contribution is 2.22. The van der Waals surface area contributed by atoms with Crippen molar-refractivity contribution in [2.75, 3.05) is 38.2 Å². The Morgan fingerprint density at radius 2 is 1.92 bits per heavy atom. The number of hydrogen-bond acceptors (Lipinski definition) is 5. The molecule has 1 aromatic carbocycles. The maximum atomic E-state index is 14.1. The van der Waals surface area contributed by atoms with Crippen molar-refractivity contribution in [3.63, 3.8) is 0 Å². The van der Waals surface area contributed by atoms with Crippen molar-refractivity contribution in [2.45, 2.75) is 13.2 Å². The summed E-state index contributed by atoms with van der Waals surface area (Å²) in [5, 5.41) is 8.82. The van der Waals surface area contributed by atoms with Gasteiger partial charge in [0.05, 0.1) is 23.9 Å². The van der Waals surface area contributed by atoms with Gasteiger partial charge in [-0.25, -0.2) is 4.39 Å². The second-order valence-electron chi connectivity index (χ2n) is 5.84. The van der Waals surface area contributed by atoms with Crippen molar-refractivity contribution in [1.29, 1.82) is 5.26 Å². The minimum Gasteiger partial charge on any atom is -0.462 e. The number of rotatable bonds is 5. The van der Waals surface area contributed by atoms with Crippen molar-refractivity contribution < 1.29 is 13.5 Å². The number of ether oxygens (including phenoxy) is 1. The number of piperazine rings is 1. The fraction of sp³-hybridized carbons (Fsp3) is 0.389. The van der Waals surface area contributed by atoms with E-state index in [1.165, 1.54) is 6.07 Å². The molecule has 0 radical (unpaired) electrons. The molecular weight excluding hydrogens is 309 g/mol. The van der Waals surface area contributed by atoms with Gasteiger partial charge in [-0.3, -0.25) is 4.90 Å². The number of benzene rings is 1. The van der Waals surface area contributed by atoms with Crippen molar-refractivity contribution in [3.8, 4) is 6.07 Å². The average molecular weight is 329 g/mol. The molecule has 1 aliphatic heterocycles. The van der Waals surface area contributed by atoms with Crippen LogP contribution in [-0.4, -0.2) is 38.2 Å². The molecular formula is C18H20FN3O2. The van der Waals surface area contributed by atoms with Crippen molar-refractivity contribution in [2.24, 2.45) is 0 Å². The third-order valence-corrected chi connectivity index (χ3v) is 4.17. The third kappa shape index (κ3) is 3.75. The molecule has 0 saturated carbocycles. The zero-order valence-corrected chi connectivity index (χ0v) is 13.7. The van der Waals surface area contributed by atoms with Gasteiger partial charge in [0.1, 0.15) is 23.9 Å². The van der Waals surface area contributed by atoms with E-state index in [9.17, 15) is 4.39 Å². The molecule has 1 aromatic heterocycles. The zero-order valence-electron chi connectivity index (χ0n) is 13.7. The van der Waals surface area contributed by atoms with Crippen LogP contribution in [0.5, 0.6) is 0 Å². The molecule has 24 heavy (non-hydrogen) atoms. The van der Waals surface area contributed by atoms with Gasteiger partial charge in [-0.05, 0) is 30.3 Å². The first-order valence-corrected chi connectivity index (χ1v) is 7.93. The summed E-state index contributed by atoms with van der Waals surface area (Å²) >= 11 is 0. The zero-order chi connectivity index (χ0) is 16.9. The molecule has 0 spiro atoms. The summed E-state index contributed by atoms with van der Waals surface area (Å²) in [6, 6.07) is 10.5. The predicted molar refractivity (Wildman–Crippen MR) is 88.0 cm³/mol. The number of furan rings is 1. The molecule has 0 aliphatic carbocycles. The summed E-state index contributed by atoms with van der Waals surface area (Å²) in [5.74, 6) is 1.41. The summed E-state index contributed by atoms with van der Waals surface area (Å²) < 4.78 is 24.9. The van der Waals surface area contributed by atoms with Crippen LogP contribution in [0.2, 0.25) is 0 Å². The van der Waals surface area contributed by atoms with E-state index in [0.29, 0.717) is 17.9 Å². The summed E-state index contributed by atoms with van der Waals surface area (Å²) in [6.07, 6.45) is 0. The summed E-state index contributed by atoms with van der Waals surface area (Å²) in [5.41, 5.74) is 0.911. The fourth-order valence-electron chi connectivity index (χ4n) is 2.93. The molecule has 5 nitrogen and oxygen atoms in total. The number of nitriles is 1. The summed E-state index contributed by atoms with van der Waals surface area (Å²) in [7, 11) is 1.64. The summed E-state index contributed by atoms with van der Waals surface area (Å²) in [4.78, 5) is 4.30. The van der Waals surface area contributed by atoms with Crippen LogP contribution in [0.4, 0.5) is 10.1 Å². The fourth-order valence-corrected chi connectivity index (χ4v) is 2.93. The second kappa shape index (κ2) is 7.47. The van der Waals surface area contributed by atoms with Crippen molar-refractivity contribution in [3.05, 3.63) is 53.2 Å². The highest BCUT2D eigenvalue weighted by atomic mass is 19.1. The number of nitrogens with zero attached hydrogens (tertiary/aromatic N) is 3. The van der Waals surface area contributed by atoms with E-state index in [1.54, 1.807) is 19.2 Å². The Bertz CT molecular complexity index is 730. The molecule has 1 saturated heterocycles. The molecule has 0 amide bonds. The van der Waals surface area contributed by atoms with Gasteiger partial charge in [-0.15, -0.1) is 0 Å². The van der Waals surface area contributed by atoms with Crippen LogP contribution in [0.15, 0.2) is 34.7 Å². The van der Waals surface area contributed by atoms with Crippen LogP contribution in [0, 0.1) is 17.1 Å². The monoisotopic (exact) mass is 329 g/mol. The summed E-state index contributed by atoms with van der Waals surface area (Å²) in [6.45, 7) is 4.38. The maximum absolute atomic E-state index is 14.1. The third-order valence-electron chi connectivity index (χ3n) is 4.17. The lowest BCUT2D eigenvalue weighted by Gasteiger charge is -2.35. The smallest absolute Gasteiger partial charge is 0.147 e. The van der Waals surface area contributed by atoms with Gasteiger partial charge in [0.25, 0.3) is 0 Å². The average Bonchev–Trinajstić information content (AvgIpc) is 3.03. The lowest BCUT2D eigenvalue weighted by Crippen LogP contribution is -2.46. The van der Waals surface area contributed by atoms with Crippen LogP contribution < -0.4 is 4.90 Å². The molecule has 1 aliphatic rings. The second-order valence-corrected chi connectivity index (χ2v) is 5.84. The van der Waals surface area contributed by atoms with Crippen LogP contribution in [-0.2, 0) is 17.9 Å². The Hall–Kier alpha value is -2.36. The largest absolute Gasteiger partial charge is 0.462 e. The number of halogens is 1. The Balaban J connectivity index is 1.56. The van der Waals surface area contributed by atoms with Crippen LogP contribution in [0.25, 0.3) is 0 Å². The molecule has 0 unspecified atom stereocenters. The van der Waals surface area contributed by atoms with Gasteiger partial charge in [0.15, 0.2) is 0 Å². The molecule has 2 aromatic rings. The SMILES string of the molecule is COCc1ccc(CN2CCN(c3ccc(C#N)cc3F)CC2)o1. The van der Waals surface area contributed by atoms with Crippen molar-refractivity contribution >= 4 is 5.69 Å². The standard InChI is InChI=1S/C18H20FN3O2/c1-23-13-16-4-3-15(24-16)12-21-6-8-22(9-7-21)18-5-2-14(11-20)10-17(18)19/h2-5,10H,6-9,12-13H2,1H3. The molecule has 0 bridgehead atoms.